The summed E-state index contributed by atoms with van der Waals surface area (Å²) in [4.78, 5) is 17.5. The number of thioether (sulfide) groups is 1. The first-order valence-electron chi connectivity index (χ1n) is 9.61. The number of rotatable bonds is 8. The van der Waals surface area contributed by atoms with E-state index < -0.39 is 0 Å². The largest absolute Gasteiger partial charge is 0.350 e. The minimum Gasteiger partial charge on any atom is -0.350 e. The zero-order valence-electron chi connectivity index (χ0n) is 16.5. The molecule has 0 unspecified atom stereocenters. The summed E-state index contributed by atoms with van der Waals surface area (Å²) >= 11 is 3.01. The van der Waals surface area contributed by atoms with E-state index in [0.717, 1.165) is 28.4 Å². The predicted octanol–water partition coefficient (Wildman–Crippen LogP) is 4.36. The van der Waals surface area contributed by atoms with Gasteiger partial charge < -0.3 is 5.32 Å². The lowest BCUT2D eigenvalue weighted by atomic mass is 10.1. The normalized spacial score (nSPS) is 10.8. The highest BCUT2D eigenvalue weighted by Crippen LogP contribution is 2.28. The highest BCUT2D eigenvalue weighted by atomic mass is 32.2. The van der Waals surface area contributed by atoms with Gasteiger partial charge in [0.05, 0.1) is 12.3 Å². The molecule has 1 amide bonds. The van der Waals surface area contributed by atoms with Crippen LogP contribution in [-0.2, 0) is 17.8 Å². The maximum absolute atomic E-state index is 12.3. The molecule has 6 nitrogen and oxygen atoms in total. The average molecular weight is 436 g/mol. The number of amides is 1. The highest BCUT2D eigenvalue weighted by molar-refractivity contribution is 7.99. The molecule has 0 bridgehead atoms. The van der Waals surface area contributed by atoms with Gasteiger partial charge in [0.2, 0.25) is 5.91 Å². The van der Waals surface area contributed by atoms with Crippen molar-refractivity contribution < 1.29 is 4.79 Å². The Morgan fingerprint density at radius 2 is 1.90 bits per heavy atom. The van der Waals surface area contributed by atoms with Crippen molar-refractivity contribution in [3.8, 4) is 17.1 Å². The van der Waals surface area contributed by atoms with Crippen molar-refractivity contribution in [3.05, 3.63) is 76.7 Å². The molecule has 0 radical (unpaired) electrons. The fourth-order valence-corrected chi connectivity index (χ4v) is 4.37. The smallest absolute Gasteiger partial charge is 0.230 e. The van der Waals surface area contributed by atoms with Gasteiger partial charge in [-0.2, -0.15) is 0 Å². The third-order valence-corrected chi connectivity index (χ3v) is 6.35. The monoisotopic (exact) mass is 435 g/mol. The Morgan fingerprint density at radius 3 is 2.60 bits per heavy atom. The van der Waals surface area contributed by atoms with Gasteiger partial charge in [-0.25, -0.2) is 0 Å². The lowest BCUT2D eigenvalue weighted by molar-refractivity contribution is -0.118. The van der Waals surface area contributed by atoms with E-state index in [1.165, 1.54) is 17.3 Å². The molecule has 3 heterocycles. The van der Waals surface area contributed by atoms with Gasteiger partial charge in [0, 0.05) is 28.5 Å². The number of hydrogen-bond donors (Lipinski definition) is 1. The number of pyridine rings is 1. The quantitative estimate of drug-likeness (QED) is 0.416. The van der Waals surface area contributed by atoms with Crippen LogP contribution in [0.3, 0.4) is 0 Å². The summed E-state index contributed by atoms with van der Waals surface area (Å²) in [6, 6.07) is 16.1. The van der Waals surface area contributed by atoms with Crippen LogP contribution in [0.25, 0.3) is 17.1 Å². The van der Waals surface area contributed by atoms with Crippen molar-refractivity contribution >= 4 is 29.0 Å². The maximum atomic E-state index is 12.3. The standard InChI is InChI=1S/C22H21N5OS2/c1-2-16-5-7-18(8-6-16)27-21(17-9-11-23-12-10-17)25-26-22(27)30-15-20(28)24-14-19-4-3-13-29-19/h3-13H,2,14-15H2,1H3,(H,24,28). The van der Waals surface area contributed by atoms with E-state index in [2.05, 4.69) is 51.7 Å². The molecule has 4 rings (SSSR count). The van der Waals surface area contributed by atoms with Crippen molar-refractivity contribution in [3.63, 3.8) is 0 Å². The molecule has 3 aromatic heterocycles. The molecule has 1 aromatic carbocycles. The van der Waals surface area contributed by atoms with Crippen molar-refractivity contribution in [1.82, 2.24) is 25.1 Å². The zero-order valence-corrected chi connectivity index (χ0v) is 18.1. The molecule has 8 heteroatoms. The van der Waals surface area contributed by atoms with Crippen LogP contribution < -0.4 is 5.32 Å². The molecular weight excluding hydrogens is 414 g/mol. The number of benzene rings is 1. The van der Waals surface area contributed by atoms with E-state index in [-0.39, 0.29) is 11.7 Å². The van der Waals surface area contributed by atoms with Gasteiger partial charge in [0.1, 0.15) is 0 Å². The molecule has 0 saturated carbocycles. The second kappa shape index (κ2) is 9.69. The first kappa shape index (κ1) is 20.3. The van der Waals surface area contributed by atoms with Crippen molar-refractivity contribution in [1.29, 1.82) is 0 Å². The minimum absolute atomic E-state index is 0.0326. The van der Waals surface area contributed by atoms with E-state index in [9.17, 15) is 4.79 Å². The number of hydrogen-bond acceptors (Lipinski definition) is 6. The van der Waals surface area contributed by atoms with E-state index in [1.54, 1.807) is 23.7 Å². The number of aromatic nitrogens is 4. The Balaban J connectivity index is 1.56. The molecule has 1 N–H and O–H groups in total. The molecule has 0 atom stereocenters. The third kappa shape index (κ3) is 4.77. The van der Waals surface area contributed by atoms with Crippen LogP contribution in [0.2, 0.25) is 0 Å². The summed E-state index contributed by atoms with van der Waals surface area (Å²) in [5.41, 5.74) is 3.15. The first-order chi connectivity index (χ1) is 14.7. The predicted molar refractivity (Wildman–Crippen MR) is 121 cm³/mol. The SMILES string of the molecule is CCc1ccc(-n2c(SCC(=O)NCc3cccs3)nnc2-c2ccncc2)cc1. The van der Waals surface area contributed by atoms with Crippen molar-refractivity contribution in [2.45, 2.75) is 25.0 Å². The summed E-state index contributed by atoms with van der Waals surface area (Å²) in [5, 5.41) is 14.4. The Bertz CT molecular complexity index is 1090. The molecule has 0 aliphatic rings. The molecule has 0 saturated heterocycles. The molecule has 30 heavy (non-hydrogen) atoms. The molecule has 0 aliphatic carbocycles. The van der Waals surface area contributed by atoms with Crippen LogP contribution in [0, 0.1) is 0 Å². The zero-order chi connectivity index (χ0) is 20.8. The van der Waals surface area contributed by atoms with Crippen LogP contribution in [0.1, 0.15) is 17.4 Å². The van der Waals surface area contributed by atoms with Gasteiger partial charge >= 0.3 is 0 Å². The van der Waals surface area contributed by atoms with E-state index in [0.29, 0.717) is 11.7 Å². The van der Waals surface area contributed by atoms with Crippen LogP contribution in [0.15, 0.2) is 71.5 Å². The Morgan fingerprint density at radius 1 is 1.10 bits per heavy atom. The topological polar surface area (TPSA) is 72.7 Å². The number of nitrogens with one attached hydrogen (secondary N) is 1. The minimum atomic E-state index is -0.0326. The van der Waals surface area contributed by atoms with Gasteiger partial charge in [-0.3, -0.25) is 14.3 Å². The first-order valence-corrected chi connectivity index (χ1v) is 11.5. The highest BCUT2D eigenvalue weighted by Gasteiger charge is 2.17. The van der Waals surface area contributed by atoms with Crippen LogP contribution in [0.4, 0.5) is 0 Å². The molecule has 152 valence electrons. The van der Waals surface area contributed by atoms with Crippen LogP contribution in [0.5, 0.6) is 0 Å². The second-order valence-corrected chi connectivity index (χ2v) is 8.52. The molecular formula is C22H21N5OS2. The summed E-state index contributed by atoms with van der Waals surface area (Å²) in [7, 11) is 0. The Kier molecular flexibility index (Phi) is 6.56. The Labute approximate surface area is 183 Å². The fourth-order valence-electron chi connectivity index (χ4n) is 2.94. The summed E-state index contributed by atoms with van der Waals surface area (Å²) in [5.74, 6) is 0.963. The summed E-state index contributed by atoms with van der Waals surface area (Å²) in [6.07, 6.45) is 4.45. The lowest BCUT2D eigenvalue weighted by Crippen LogP contribution is -2.24. The molecule has 4 aromatic rings. The molecule has 0 spiro atoms. The molecule has 0 fully saturated rings. The van der Waals surface area contributed by atoms with Crippen LogP contribution in [-0.4, -0.2) is 31.4 Å². The lowest BCUT2D eigenvalue weighted by Gasteiger charge is -2.11. The van der Waals surface area contributed by atoms with E-state index in [4.69, 9.17) is 0 Å². The van der Waals surface area contributed by atoms with Gasteiger partial charge in [-0.15, -0.1) is 21.5 Å². The molecule has 0 aliphatic heterocycles. The van der Waals surface area contributed by atoms with Gasteiger partial charge in [0.25, 0.3) is 0 Å². The van der Waals surface area contributed by atoms with Crippen molar-refractivity contribution in [2.24, 2.45) is 0 Å². The number of aryl methyl sites for hydroxylation is 1. The van der Waals surface area contributed by atoms with Gasteiger partial charge in [0.15, 0.2) is 11.0 Å². The van der Waals surface area contributed by atoms with E-state index >= 15 is 0 Å². The third-order valence-electron chi connectivity index (χ3n) is 4.55. The Hall–Kier alpha value is -2.97. The van der Waals surface area contributed by atoms with Crippen molar-refractivity contribution in [2.75, 3.05) is 5.75 Å². The van der Waals surface area contributed by atoms with E-state index in [1.807, 2.05) is 34.2 Å². The maximum Gasteiger partial charge on any atom is 0.230 e. The van der Waals surface area contributed by atoms with Gasteiger partial charge in [-0.05, 0) is 47.7 Å². The van der Waals surface area contributed by atoms with Crippen LogP contribution >= 0.6 is 23.1 Å². The number of thiophene rings is 1. The summed E-state index contributed by atoms with van der Waals surface area (Å²) < 4.78 is 1.99. The second-order valence-electron chi connectivity index (χ2n) is 6.54. The number of nitrogens with zero attached hydrogens (tertiary/aromatic N) is 4. The average Bonchev–Trinajstić information content (AvgIpc) is 3.47. The van der Waals surface area contributed by atoms with Gasteiger partial charge in [-0.1, -0.05) is 36.9 Å². The number of carbonyl (C=O) groups is 1. The summed E-state index contributed by atoms with van der Waals surface area (Å²) in [6.45, 7) is 2.68. The number of carbonyl (C=O) groups excluding carboxylic acids is 1. The fraction of sp³-hybridized carbons (Fsp3) is 0.182.